The van der Waals surface area contributed by atoms with Gasteiger partial charge in [-0.2, -0.15) is 13.2 Å². The predicted molar refractivity (Wildman–Crippen MR) is 117 cm³/mol. The molecule has 2 heterocycles. The first kappa shape index (κ1) is 25.5. The van der Waals surface area contributed by atoms with Crippen LogP contribution >= 0.6 is 11.6 Å². The second-order valence-corrected chi connectivity index (χ2v) is 7.49. The van der Waals surface area contributed by atoms with Crippen LogP contribution < -0.4 is 15.4 Å². The molecule has 3 rings (SSSR count). The third kappa shape index (κ3) is 6.06. The lowest BCUT2D eigenvalue weighted by Gasteiger charge is -2.21. The highest BCUT2D eigenvalue weighted by Gasteiger charge is 2.37. The van der Waals surface area contributed by atoms with Gasteiger partial charge in [-0.25, -0.2) is 23.7 Å². The van der Waals surface area contributed by atoms with Crippen LogP contribution in [-0.2, 0) is 0 Å². The number of hydrogen-bond donors (Lipinski definition) is 2. The average Bonchev–Trinajstić information content (AvgIpc) is 2.77. The van der Waals surface area contributed by atoms with Crippen LogP contribution in [-0.4, -0.2) is 52.4 Å². The Kier molecular flexibility index (Phi) is 8.15. The topological polar surface area (TPSA) is 84.8 Å². The van der Waals surface area contributed by atoms with E-state index in [9.17, 15) is 13.2 Å². The van der Waals surface area contributed by atoms with Crippen molar-refractivity contribution in [2.45, 2.75) is 25.6 Å². The van der Waals surface area contributed by atoms with Crippen molar-refractivity contribution in [1.29, 1.82) is 0 Å². The second-order valence-electron chi connectivity index (χ2n) is 7.13. The summed E-state index contributed by atoms with van der Waals surface area (Å²) in [6.45, 7) is 1.67. The molecule has 0 spiro atoms. The van der Waals surface area contributed by atoms with Gasteiger partial charge in [0.15, 0.2) is 5.82 Å². The van der Waals surface area contributed by atoms with E-state index in [-0.39, 0.29) is 23.9 Å². The Morgan fingerprint density at radius 2 is 1.79 bits per heavy atom. The minimum absolute atomic E-state index is 0.0822. The molecule has 0 bridgehead atoms. The molecular weight excluding hydrogens is 483 g/mol. The van der Waals surface area contributed by atoms with Crippen LogP contribution in [0.3, 0.4) is 0 Å². The van der Waals surface area contributed by atoms with E-state index in [1.807, 2.05) is 0 Å². The minimum Gasteiger partial charge on any atom is -0.493 e. The molecule has 0 aliphatic rings. The van der Waals surface area contributed by atoms with Crippen LogP contribution in [0.5, 0.6) is 5.75 Å². The molecule has 3 aromatic rings. The van der Waals surface area contributed by atoms with Crippen molar-refractivity contribution < 1.29 is 26.7 Å². The summed E-state index contributed by atoms with van der Waals surface area (Å²) >= 11 is 6.23. The van der Waals surface area contributed by atoms with E-state index in [4.69, 9.17) is 16.3 Å². The number of nitrogens with zero attached hydrogens (tertiary/aromatic N) is 4. The van der Waals surface area contributed by atoms with Gasteiger partial charge in [0.25, 0.3) is 0 Å². The molecule has 1 aromatic carbocycles. The van der Waals surface area contributed by atoms with Gasteiger partial charge in [-0.3, -0.25) is 4.98 Å². The number of rotatable bonds is 9. The van der Waals surface area contributed by atoms with E-state index < -0.39 is 46.0 Å². The fourth-order valence-electron chi connectivity index (χ4n) is 2.89. The number of nitrogens with one attached hydrogen (secondary N) is 2. The Bertz CT molecular complexity index is 1110. The van der Waals surface area contributed by atoms with E-state index in [1.54, 1.807) is 7.05 Å². The molecule has 34 heavy (non-hydrogen) atoms. The van der Waals surface area contributed by atoms with Gasteiger partial charge in [0.1, 0.15) is 40.1 Å². The zero-order valence-electron chi connectivity index (χ0n) is 18.1. The van der Waals surface area contributed by atoms with Crippen LogP contribution in [0.25, 0.3) is 22.6 Å². The van der Waals surface area contributed by atoms with Gasteiger partial charge >= 0.3 is 6.18 Å². The Labute approximate surface area is 196 Å². The molecule has 0 aliphatic heterocycles. The zero-order chi connectivity index (χ0) is 24.9. The lowest BCUT2D eigenvalue weighted by atomic mass is 10.1. The molecule has 0 fully saturated rings. The number of anilines is 1. The number of benzene rings is 1. The first-order valence-corrected chi connectivity index (χ1v) is 10.4. The van der Waals surface area contributed by atoms with Crippen molar-refractivity contribution in [3.05, 3.63) is 47.5 Å². The second kappa shape index (κ2) is 10.9. The van der Waals surface area contributed by atoms with E-state index in [1.165, 1.54) is 18.6 Å². The summed E-state index contributed by atoms with van der Waals surface area (Å²) in [5.74, 6) is -3.00. The maximum absolute atomic E-state index is 15.0. The van der Waals surface area contributed by atoms with Gasteiger partial charge in [0.2, 0.25) is 0 Å². The van der Waals surface area contributed by atoms with E-state index in [2.05, 4.69) is 30.6 Å². The number of ether oxygens (including phenoxy) is 1. The van der Waals surface area contributed by atoms with Gasteiger partial charge in [0.05, 0.1) is 23.9 Å². The smallest absolute Gasteiger partial charge is 0.408 e. The summed E-state index contributed by atoms with van der Waals surface area (Å²) in [6, 6.07) is -0.281. The van der Waals surface area contributed by atoms with Crippen LogP contribution in [0.15, 0.2) is 30.7 Å². The van der Waals surface area contributed by atoms with E-state index in [0.717, 1.165) is 19.1 Å². The summed E-state index contributed by atoms with van der Waals surface area (Å²) in [6.07, 6.45) is -0.125. The average molecular weight is 503 g/mol. The molecular formula is C21H20ClF5N6O. The molecule has 182 valence electrons. The third-order valence-corrected chi connectivity index (χ3v) is 4.88. The highest BCUT2D eigenvalue weighted by Crippen LogP contribution is 2.39. The lowest BCUT2D eigenvalue weighted by molar-refractivity contribution is -0.138. The van der Waals surface area contributed by atoms with Crippen molar-refractivity contribution in [2.24, 2.45) is 0 Å². The molecule has 0 amide bonds. The summed E-state index contributed by atoms with van der Waals surface area (Å²) in [5.41, 5.74) is -1.07. The van der Waals surface area contributed by atoms with Gasteiger partial charge < -0.3 is 15.4 Å². The van der Waals surface area contributed by atoms with Crippen molar-refractivity contribution in [2.75, 3.05) is 25.5 Å². The third-order valence-electron chi connectivity index (χ3n) is 4.61. The van der Waals surface area contributed by atoms with Crippen LogP contribution in [0.1, 0.15) is 13.3 Å². The number of alkyl halides is 3. The normalized spacial score (nSPS) is 12.5. The summed E-state index contributed by atoms with van der Waals surface area (Å²) in [5, 5.41) is 4.57. The SMILES string of the molecule is CNCCCOc1cc(F)c(-c2c(Cl)nc(-c3cnccn3)nc2N[C@H](C)C(F)(F)F)c(F)c1. The van der Waals surface area contributed by atoms with E-state index >= 15 is 8.78 Å². The molecule has 0 radical (unpaired) electrons. The molecule has 7 nitrogen and oxygen atoms in total. The van der Waals surface area contributed by atoms with Crippen LogP contribution in [0, 0.1) is 11.6 Å². The fraction of sp³-hybridized carbons (Fsp3) is 0.333. The maximum Gasteiger partial charge on any atom is 0.408 e. The molecule has 0 aliphatic carbocycles. The van der Waals surface area contributed by atoms with Crippen molar-refractivity contribution in [1.82, 2.24) is 25.3 Å². The van der Waals surface area contributed by atoms with Crippen LogP contribution in [0.4, 0.5) is 27.8 Å². The fourth-order valence-corrected chi connectivity index (χ4v) is 3.15. The molecule has 13 heteroatoms. The largest absolute Gasteiger partial charge is 0.493 e. The Morgan fingerprint density at radius 1 is 1.09 bits per heavy atom. The molecule has 0 unspecified atom stereocenters. The van der Waals surface area contributed by atoms with E-state index in [0.29, 0.717) is 13.0 Å². The summed E-state index contributed by atoms with van der Waals surface area (Å²) in [4.78, 5) is 15.8. The molecule has 0 saturated heterocycles. The molecule has 1 atom stereocenters. The van der Waals surface area contributed by atoms with Gasteiger partial charge in [-0.15, -0.1) is 0 Å². The molecule has 2 N–H and O–H groups in total. The quantitative estimate of drug-likeness (QED) is 0.245. The molecule has 0 saturated carbocycles. The molecule has 2 aromatic heterocycles. The highest BCUT2D eigenvalue weighted by molar-refractivity contribution is 6.32. The number of halogens is 6. The zero-order valence-corrected chi connectivity index (χ0v) is 18.8. The first-order valence-electron chi connectivity index (χ1n) is 10.1. The van der Waals surface area contributed by atoms with Gasteiger partial charge in [-0.1, -0.05) is 11.6 Å². The summed E-state index contributed by atoms with van der Waals surface area (Å²) < 4.78 is 75.1. The Balaban J connectivity index is 2.09. The monoisotopic (exact) mass is 502 g/mol. The Morgan fingerprint density at radius 3 is 2.38 bits per heavy atom. The minimum atomic E-state index is -4.68. The van der Waals surface area contributed by atoms with Gasteiger partial charge in [-0.05, 0) is 26.9 Å². The van der Waals surface area contributed by atoms with Crippen LogP contribution in [0.2, 0.25) is 5.15 Å². The van der Waals surface area contributed by atoms with Crippen molar-refractivity contribution in [3.8, 4) is 28.4 Å². The van der Waals surface area contributed by atoms with Crippen molar-refractivity contribution in [3.63, 3.8) is 0 Å². The number of aromatic nitrogens is 4. The number of hydrogen-bond acceptors (Lipinski definition) is 7. The standard InChI is InChI=1S/C21H20ClF5N6O/c1-11(21(25,26)27)31-20-17(18(22)32-19(33-20)15-10-29-5-6-30-15)16-13(23)8-12(9-14(16)24)34-7-3-4-28-2/h5-6,8-11,28H,3-4,7H2,1-2H3,(H,31,32,33)/t11-/m1/s1. The lowest BCUT2D eigenvalue weighted by Crippen LogP contribution is -2.33. The van der Waals surface area contributed by atoms with Crippen molar-refractivity contribution >= 4 is 17.4 Å². The summed E-state index contributed by atoms with van der Waals surface area (Å²) in [7, 11) is 1.75. The highest BCUT2D eigenvalue weighted by atomic mass is 35.5. The first-order chi connectivity index (χ1) is 16.1. The van der Waals surface area contributed by atoms with Gasteiger partial charge in [0, 0.05) is 24.5 Å². The predicted octanol–water partition coefficient (Wildman–Crippen LogP) is 4.88. The Hall–Kier alpha value is -3.12. The maximum atomic E-state index is 15.0.